The highest BCUT2D eigenvalue weighted by Crippen LogP contribution is 2.32. The van der Waals surface area contributed by atoms with Gasteiger partial charge in [-0.2, -0.15) is 0 Å². The molecule has 5 nitrogen and oxygen atoms in total. The Balaban J connectivity index is 0.00000225. The van der Waals surface area contributed by atoms with E-state index in [-0.39, 0.29) is 41.2 Å². The van der Waals surface area contributed by atoms with E-state index >= 15 is 0 Å². The number of likely N-dealkylation sites (tertiary alicyclic amines) is 1. The molecule has 2 atom stereocenters. The number of rotatable bonds is 5. The lowest BCUT2D eigenvalue weighted by Crippen LogP contribution is -2.37. The van der Waals surface area contributed by atoms with Crippen molar-refractivity contribution in [2.45, 2.75) is 36.9 Å². The first-order chi connectivity index (χ1) is 11.5. The summed E-state index contributed by atoms with van der Waals surface area (Å²) in [5.74, 6) is -0.241. The molecule has 2 fully saturated rings. The van der Waals surface area contributed by atoms with E-state index < -0.39 is 9.84 Å². The molecule has 1 saturated heterocycles. The number of halogens is 1. The third-order valence-electron chi connectivity index (χ3n) is 5.46. The average Bonchev–Trinajstić information content (AvgIpc) is 3.25. The van der Waals surface area contributed by atoms with Gasteiger partial charge >= 0.3 is 0 Å². The van der Waals surface area contributed by atoms with Crippen LogP contribution in [0.4, 0.5) is 0 Å². The minimum Gasteiger partial charge on any atom is -0.341 e. The van der Waals surface area contributed by atoms with Crippen molar-refractivity contribution in [1.29, 1.82) is 0 Å². The molecule has 1 saturated carbocycles. The molecule has 7 heteroatoms. The van der Waals surface area contributed by atoms with E-state index in [1.54, 1.807) is 4.90 Å². The van der Waals surface area contributed by atoms with Crippen molar-refractivity contribution in [1.82, 2.24) is 4.90 Å². The van der Waals surface area contributed by atoms with Gasteiger partial charge in [0, 0.05) is 19.0 Å². The lowest BCUT2D eigenvalue weighted by molar-refractivity contribution is -0.127. The molecule has 1 aliphatic heterocycles. The summed E-state index contributed by atoms with van der Waals surface area (Å²) in [6.07, 6.45) is 3.31. The molecule has 1 amide bonds. The monoisotopic (exact) mass is 386 g/mol. The lowest BCUT2D eigenvalue weighted by atomic mass is 9.89. The van der Waals surface area contributed by atoms with Crippen LogP contribution in [0.3, 0.4) is 0 Å². The molecule has 0 aromatic heterocycles. The summed E-state index contributed by atoms with van der Waals surface area (Å²) in [4.78, 5) is 14.3. The van der Waals surface area contributed by atoms with E-state index in [2.05, 4.69) is 12.1 Å². The van der Waals surface area contributed by atoms with Crippen LogP contribution >= 0.6 is 12.4 Å². The number of sulfone groups is 1. The highest BCUT2D eigenvalue weighted by Gasteiger charge is 2.38. The van der Waals surface area contributed by atoms with E-state index in [0.29, 0.717) is 32.5 Å². The van der Waals surface area contributed by atoms with Crippen molar-refractivity contribution in [3.63, 3.8) is 0 Å². The fraction of sp³-hybridized carbons (Fsp3) is 0.611. The molecule has 1 heterocycles. The molecule has 25 heavy (non-hydrogen) atoms. The zero-order chi connectivity index (χ0) is 17.2. The maximum atomic E-state index is 12.6. The van der Waals surface area contributed by atoms with Gasteiger partial charge in [0.25, 0.3) is 0 Å². The van der Waals surface area contributed by atoms with E-state index in [1.807, 2.05) is 18.2 Å². The first-order valence-electron chi connectivity index (χ1n) is 8.75. The fourth-order valence-electron chi connectivity index (χ4n) is 4.02. The molecule has 0 spiro atoms. The standard InChI is InChI=1S/C18H26N2O3S.ClH/c19-10-15-11-20(12-17(15)14-6-2-1-3-7-14)18(21)13-24(22,23)16-8-4-5-9-16;/h1-3,6-7,15-17H,4-5,8-13,19H2;1H/t15-,17+;/m1./s1. The molecule has 0 bridgehead atoms. The summed E-state index contributed by atoms with van der Waals surface area (Å²) in [6.45, 7) is 1.61. The van der Waals surface area contributed by atoms with Crippen LogP contribution in [0.5, 0.6) is 0 Å². The number of benzene rings is 1. The third-order valence-corrected chi connectivity index (χ3v) is 7.60. The number of carbonyl (C=O) groups is 1. The van der Waals surface area contributed by atoms with Gasteiger partial charge in [0.05, 0.1) is 5.25 Å². The van der Waals surface area contributed by atoms with Gasteiger partial charge in [-0.3, -0.25) is 4.79 Å². The van der Waals surface area contributed by atoms with Crippen LogP contribution in [0.15, 0.2) is 30.3 Å². The molecule has 2 N–H and O–H groups in total. The Morgan fingerprint density at radius 2 is 1.76 bits per heavy atom. The lowest BCUT2D eigenvalue weighted by Gasteiger charge is -2.18. The molecule has 0 unspecified atom stereocenters. The zero-order valence-corrected chi connectivity index (χ0v) is 16.0. The minimum absolute atomic E-state index is 0. The second-order valence-electron chi connectivity index (χ2n) is 7.03. The van der Waals surface area contributed by atoms with E-state index in [0.717, 1.165) is 12.8 Å². The maximum Gasteiger partial charge on any atom is 0.237 e. The third kappa shape index (κ3) is 4.54. The van der Waals surface area contributed by atoms with Crippen molar-refractivity contribution >= 4 is 28.2 Å². The number of carbonyl (C=O) groups excluding carboxylic acids is 1. The van der Waals surface area contributed by atoms with Crippen LogP contribution in [0.25, 0.3) is 0 Å². The van der Waals surface area contributed by atoms with Crippen LogP contribution < -0.4 is 5.73 Å². The van der Waals surface area contributed by atoms with Gasteiger partial charge in [-0.15, -0.1) is 12.4 Å². The van der Waals surface area contributed by atoms with Gasteiger partial charge in [0.1, 0.15) is 5.75 Å². The quantitative estimate of drug-likeness (QED) is 0.838. The van der Waals surface area contributed by atoms with Crippen LogP contribution in [0, 0.1) is 5.92 Å². The van der Waals surface area contributed by atoms with Crippen molar-refractivity contribution in [3.05, 3.63) is 35.9 Å². The molecule has 0 radical (unpaired) electrons. The second-order valence-corrected chi connectivity index (χ2v) is 9.31. The SMILES string of the molecule is Cl.NC[C@@H]1CN(C(=O)CS(=O)(=O)C2CCCC2)C[C@H]1c1ccccc1. The summed E-state index contributed by atoms with van der Waals surface area (Å²) >= 11 is 0. The molecule has 140 valence electrons. The van der Waals surface area contributed by atoms with E-state index in [9.17, 15) is 13.2 Å². The first kappa shape index (κ1) is 20.2. The minimum atomic E-state index is -3.33. The van der Waals surface area contributed by atoms with Crippen molar-refractivity contribution in [3.8, 4) is 0 Å². The Hall–Kier alpha value is -1.11. The molecular formula is C18H27ClN2O3S. The molecule has 3 rings (SSSR count). The van der Waals surface area contributed by atoms with Gasteiger partial charge < -0.3 is 10.6 Å². The van der Waals surface area contributed by atoms with Gasteiger partial charge in [-0.25, -0.2) is 8.42 Å². The number of nitrogens with two attached hydrogens (primary N) is 1. The summed E-state index contributed by atoms with van der Waals surface area (Å²) in [5.41, 5.74) is 7.06. The maximum absolute atomic E-state index is 12.6. The number of nitrogens with zero attached hydrogens (tertiary/aromatic N) is 1. The first-order valence-corrected chi connectivity index (χ1v) is 10.5. The predicted molar refractivity (Wildman–Crippen MR) is 102 cm³/mol. The summed E-state index contributed by atoms with van der Waals surface area (Å²) < 4.78 is 24.9. The number of hydrogen-bond donors (Lipinski definition) is 1. The Labute approximate surface area is 156 Å². The summed E-state index contributed by atoms with van der Waals surface area (Å²) in [5, 5.41) is -0.320. The number of amides is 1. The van der Waals surface area contributed by atoms with Gasteiger partial charge in [-0.1, -0.05) is 43.2 Å². The van der Waals surface area contributed by atoms with Crippen LogP contribution in [-0.2, 0) is 14.6 Å². The van der Waals surface area contributed by atoms with Gasteiger partial charge in [0.2, 0.25) is 5.91 Å². The van der Waals surface area contributed by atoms with Crippen molar-refractivity contribution in [2.75, 3.05) is 25.4 Å². The Kier molecular flexibility index (Phi) is 6.88. The second kappa shape index (κ2) is 8.52. The number of hydrogen-bond acceptors (Lipinski definition) is 4. The van der Waals surface area contributed by atoms with E-state index in [4.69, 9.17) is 5.73 Å². The Bertz CT molecular complexity index is 675. The smallest absolute Gasteiger partial charge is 0.237 e. The van der Waals surface area contributed by atoms with Gasteiger partial charge in [-0.05, 0) is 30.9 Å². The van der Waals surface area contributed by atoms with Crippen LogP contribution in [0.1, 0.15) is 37.2 Å². The zero-order valence-electron chi connectivity index (χ0n) is 14.3. The highest BCUT2D eigenvalue weighted by molar-refractivity contribution is 7.92. The normalized spacial score (nSPS) is 24.3. The fourth-order valence-corrected chi connectivity index (χ4v) is 5.83. The Morgan fingerprint density at radius 3 is 2.36 bits per heavy atom. The molecule has 1 aromatic rings. The van der Waals surface area contributed by atoms with E-state index in [1.165, 1.54) is 5.56 Å². The Morgan fingerprint density at radius 1 is 1.12 bits per heavy atom. The van der Waals surface area contributed by atoms with Crippen molar-refractivity contribution < 1.29 is 13.2 Å². The van der Waals surface area contributed by atoms with Crippen LogP contribution in [-0.4, -0.2) is 49.9 Å². The predicted octanol–water partition coefficient (Wildman–Crippen LogP) is 1.97. The molecule has 1 aliphatic carbocycles. The molecule has 2 aliphatic rings. The molecular weight excluding hydrogens is 360 g/mol. The average molecular weight is 387 g/mol. The van der Waals surface area contributed by atoms with Gasteiger partial charge in [0.15, 0.2) is 9.84 Å². The topological polar surface area (TPSA) is 80.5 Å². The largest absolute Gasteiger partial charge is 0.341 e. The summed E-state index contributed by atoms with van der Waals surface area (Å²) in [7, 11) is -3.33. The molecule has 1 aromatic carbocycles. The summed E-state index contributed by atoms with van der Waals surface area (Å²) in [6, 6.07) is 10.0. The van der Waals surface area contributed by atoms with Crippen molar-refractivity contribution in [2.24, 2.45) is 11.7 Å². The van der Waals surface area contributed by atoms with Crippen LogP contribution in [0.2, 0.25) is 0 Å². The highest BCUT2D eigenvalue weighted by atomic mass is 35.5.